The van der Waals surface area contributed by atoms with E-state index in [1.807, 2.05) is 0 Å². The second-order valence-electron chi connectivity index (χ2n) is 3.82. The van der Waals surface area contributed by atoms with E-state index >= 15 is 0 Å². The summed E-state index contributed by atoms with van der Waals surface area (Å²) in [4.78, 5) is 10.2. The number of hydrogen-bond donors (Lipinski definition) is 0. The molecule has 0 saturated carbocycles. The van der Waals surface area contributed by atoms with Crippen LogP contribution in [0.2, 0.25) is 5.02 Å². The Kier molecular flexibility index (Phi) is 3.81. The van der Waals surface area contributed by atoms with Crippen LogP contribution in [0.15, 0.2) is 48.5 Å². The molecule has 0 atom stereocenters. The van der Waals surface area contributed by atoms with Gasteiger partial charge in [-0.15, -0.1) is 0 Å². The number of ether oxygens (including phenoxy) is 1. The molecule has 98 valence electrons. The van der Waals surface area contributed by atoms with E-state index in [2.05, 4.69) is 0 Å². The van der Waals surface area contributed by atoms with Gasteiger partial charge in [-0.25, -0.2) is 0 Å². The highest BCUT2D eigenvalue weighted by molar-refractivity contribution is 6.30. The van der Waals surface area contributed by atoms with Crippen molar-refractivity contribution in [1.82, 2.24) is 0 Å². The molecule has 0 N–H and O–H groups in total. The Morgan fingerprint density at radius 2 is 1.42 bits per heavy atom. The smallest absolute Gasteiger partial charge is 0.327 e. The van der Waals surface area contributed by atoms with Gasteiger partial charge in [0.1, 0.15) is 11.5 Å². The van der Waals surface area contributed by atoms with Crippen LogP contribution < -0.4 is 4.74 Å². The van der Waals surface area contributed by atoms with Crippen LogP contribution in [-0.2, 0) is 10.7 Å². The first-order valence-corrected chi connectivity index (χ1v) is 5.77. The zero-order chi connectivity index (χ0) is 13.9. The second-order valence-corrected chi connectivity index (χ2v) is 4.26. The molecule has 0 fully saturated rings. The summed E-state index contributed by atoms with van der Waals surface area (Å²) in [5.74, 6) is -2.54. The minimum atomic E-state index is -3.47. The van der Waals surface area contributed by atoms with E-state index in [0.717, 1.165) is 12.1 Å². The van der Waals surface area contributed by atoms with Crippen molar-refractivity contribution in [2.75, 3.05) is 0 Å². The molecular formula is C14H9ClF2O2. The molecule has 0 bridgehead atoms. The van der Waals surface area contributed by atoms with Crippen molar-refractivity contribution in [2.45, 2.75) is 5.92 Å². The van der Waals surface area contributed by atoms with E-state index in [9.17, 15) is 13.6 Å². The third-order valence-electron chi connectivity index (χ3n) is 2.44. The fraction of sp³-hybridized carbons (Fsp3) is 0.0714. The molecule has 0 aliphatic rings. The first-order chi connectivity index (χ1) is 9.01. The first-order valence-electron chi connectivity index (χ1n) is 5.39. The summed E-state index contributed by atoms with van der Waals surface area (Å²) >= 11 is 5.73. The van der Waals surface area contributed by atoms with Gasteiger partial charge in [0, 0.05) is 10.6 Å². The van der Waals surface area contributed by atoms with E-state index in [0.29, 0.717) is 16.5 Å². The van der Waals surface area contributed by atoms with E-state index in [1.54, 1.807) is 24.3 Å². The molecular weight excluding hydrogens is 274 g/mol. The Morgan fingerprint density at radius 3 is 1.89 bits per heavy atom. The molecule has 0 radical (unpaired) electrons. The molecule has 19 heavy (non-hydrogen) atoms. The number of carbonyl (C=O) groups excluding carboxylic acids is 1. The minimum absolute atomic E-state index is 0.369. The molecule has 2 nitrogen and oxygen atoms in total. The summed E-state index contributed by atoms with van der Waals surface area (Å²) in [6.45, 7) is 0. The number of alkyl halides is 2. The Labute approximate surface area is 113 Å². The van der Waals surface area contributed by atoms with Crippen molar-refractivity contribution < 1.29 is 18.3 Å². The van der Waals surface area contributed by atoms with Gasteiger partial charge in [0.25, 0.3) is 0 Å². The maximum absolute atomic E-state index is 13.1. The Hall–Kier alpha value is -1.94. The molecule has 0 aromatic heterocycles. The van der Waals surface area contributed by atoms with Crippen LogP contribution >= 0.6 is 11.6 Å². The van der Waals surface area contributed by atoms with Crippen LogP contribution in [0.25, 0.3) is 0 Å². The predicted octanol–water partition coefficient (Wildman–Crippen LogP) is 4.42. The molecule has 0 spiro atoms. The second kappa shape index (κ2) is 5.36. The summed E-state index contributed by atoms with van der Waals surface area (Å²) < 4.78 is 31.6. The van der Waals surface area contributed by atoms with Crippen LogP contribution in [0.5, 0.6) is 11.5 Å². The summed E-state index contributed by atoms with van der Waals surface area (Å²) in [6, 6.07) is 11.7. The SMILES string of the molecule is O=CC(F)(F)c1ccc(Oc2ccc(Cl)cc2)cc1. The van der Waals surface area contributed by atoms with Crippen molar-refractivity contribution in [3.8, 4) is 11.5 Å². The van der Waals surface area contributed by atoms with Crippen molar-refractivity contribution >= 4 is 17.9 Å². The van der Waals surface area contributed by atoms with E-state index in [4.69, 9.17) is 16.3 Å². The highest BCUT2D eigenvalue weighted by Gasteiger charge is 2.30. The molecule has 0 aliphatic carbocycles. The van der Waals surface area contributed by atoms with Crippen molar-refractivity contribution in [3.05, 3.63) is 59.1 Å². The highest BCUT2D eigenvalue weighted by atomic mass is 35.5. The number of aldehydes is 1. The number of halogens is 3. The lowest BCUT2D eigenvalue weighted by Crippen LogP contribution is -2.14. The fourth-order valence-electron chi connectivity index (χ4n) is 1.45. The van der Waals surface area contributed by atoms with Gasteiger partial charge in [0.2, 0.25) is 0 Å². The van der Waals surface area contributed by atoms with Crippen LogP contribution in [-0.4, -0.2) is 6.29 Å². The number of benzene rings is 2. The summed E-state index contributed by atoms with van der Waals surface area (Å²) in [5.41, 5.74) is -0.369. The summed E-state index contributed by atoms with van der Waals surface area (Å²) in [5, 5.41) is 0.577. The largest absolute Gasteiger partial charge is 0.457 e. The Balaban J connectivity index is 2.15. The molecule has 5 heteroatoms. The van der Waals surface area contributed by atoms with E-state index < -0.39 is 5.92 Å². The molecule has 0 saturated heterocycles. The van der Waals surface area contributed by atoms with E-state index in [-0.39, 0.29) is 11.8 Å². The zero-order valence-corrected chi connectivity index (χ0v) is 10.4. The van der Waals surface area contributed by atoms with Crippen LogP contribution in [0, 0.1) is 0 Å². The number of hydrogen-bond acceptors (Lipinski definition) is 2. The van der Waals surface area contributed by atoms with Gasteiger partial charge >= 0.3 is 5.92 Å². The van der Waals surface area contributed by atoms with Crippen LogP contribution in [0.4, 0.5) is 8.78 Å². The Bertz CT molecular complexity index is 565. The van der Waals surface area contributed by atoms with Gasteiger partial charge in [0.05, 0.1) is 0 Å². The van der Waals surface area contributed by atoms with Gasteiger partial charge in [-0.3, -0.25) is 4.79 Å². The monoisotopic (exact) mass is 282 g/mol. The third kappa shape index (κ3) is 3.29. The molecule has 2 aromatic rings. The quantitative estimate of drug-likeness (QED) is 0.776. The standard InChI is InChI=1S/C14H9ClF2O2/c15-11-3-7-13(8-4-11)19-12-5-1-10(2-6-12)14(16,17)9-18/h1-9H. The number of carbonyl (C=O) groups is 1. The summed E-state index contributed by atoms with van der Waals surface area (Å²) in [6.07, 6.45) is -0.387. The first kappa shape index (κ1) is 13.5. The average molecular weight is 283 g/mol. The van der Waals surface area contributed by atoms with Gasteiger partial charge in [0.15, 0.2) is 6.29 Å². The van der Waals surface area contributed by atoms with Crippen LogP contribution in [0.1, 0.15) is 5.56 Å². The summed E-state index contributed by atoms with van der Waals surface area (Å²) in [7, 11) is 0. The predicted molar refractivity (Wildman–Crippen MR) is 67.9 cm³/mol. The van der Waals surface area contributed by atoms with Crippen molar-refractivity contribution in [1.29, 1.82) is 0 Å². The fourth-order valence-corrected chi connectivity index (χ4v) is 1.58. The topological polar surface area (TPSA) is 26.3 Å². The van der Waals surface area contributed by atoms with Crippen molar-refractivity contribution in [2.24, 2.45) is 0 Å². The zero-order valence-electron chi connectivity index (χ0n) is 9.65. The molecule has 0 heterocycles. The normalized spacial score (nSPS) is 11.1. The van der Waals surface area contributed by atoms with Gasteiger partial charge in [-0.05, 0) is 48.5 Å². The molecule has 0 unspecified atom stereocenters. The minimum Gasteiger partial charge on any atom is -0.457 e. The van der Waals surface area contributed by atoms with Gasteiger partial charge in [-0.2, -0.15) is 8.78 Å². The maximum atomic E-state index is 13.1. The third-order valence-corrected chi connectivity index (χ3v) is 2.69. The van der Waals surface area contributed by atoms with Gasteiger partial charge < -0.3 is 4.74 Å². The lowest BCUT2D eigenvalue weighted by Gasteiger charge is -2.10. The van der Waals surface area contributed by atoms with Crippen LogP contribution in [0.3, 0.4) is 0 Å². The van der Waals surface area contributed by atoms with E-state index in [1.165, 1.54) is 12.1 Å². The lowest BCUT2D eigenvalue weighted by molar-refractivity contribution is -0.130. The maximum Gasteiger partial charge on any atom is 0.327 e. The molecule has 0 aliphatic heterocycles. The molecule has 2 rings (SSSR count). The average Bonchev–Trinajstić information content (AvgIpc) is 2.42. The van der Waals surface area contributed by atoms with Crippen molar-refractivity contribution in [3.63, 3.8) is 0 Å². The molecule has 0 amide bonds. The highest BCUT2D eigenvalue weighted by Crippen LogP contribution is 2.29. The lowest BCUT2D eigenvalue weighted by atomic mass is 10.1. The number of rotatable bonds is 4. The molecule has 2 aromatic carbocycles. The Morgan fingerprint density at radius 1 is 0.947 bits per heavy atom. The van der Waals surface area contributed by atoms with Gasteiger partial charge in [-0.1, -0.05) is 11.6 Å².